The van der Waals surface area contributed by atoms with Gasteiger partial charge >= 0.3 is 5.97 Å². The lowest BCUT2D eigenvalue weighted by molar-refractivity contribution is -0.143. The monoisotopic (exact) mass is 331 g/mol. The number of hydrogen-bond acceptors (Lipinski definition) is 3. The van der Waals surface area contributed by atoms with Crippen molar-refractivity contribution in [2.75, 3.05) is 6.54 Å². The van der Waals surface area contributed by atoms with Crippen molar-refractivity contribution < 1.29 is 19.1 Å². The zero-order chi connectivity index (χ0) is 17.3. The summed E-state index contributed by atoms with van der Waals surface area (Å²) in [4.78, 5) is 25.6. The fourth-order valence-corrected chi connectivity index (χ4v) is 3.05. The Hall–Kier alpha value is -2.70. The van der Waals surface area contributed by atoms with Crippen LogP contribution < -0.4 is 0 Å². The van der Waals surface area contributed by atoms with Crippen LogP contribution in [0.3, 0.4) is 0 Å². The number of nitrogens with zero attached hydrogens (tertiary/aromatic N) is 3. The number of piperidine rings is 1. The van der Waals surface area contributed by atoms with Crippen LogP contribution in [0.2, 0.25) is 0 Å². The van der Waals surface area contributed by atoms with E-state index in [0.29, 0.717) is 29.9 Å². The molecule has 0 spiro atoms. The van der Waals surface area contributed by atoms with Crippen molar-refractivity contribution in [1.29, 1.82) is 0 Å². The Morgan fingerprint density at radius 2 is 1.96 bits per heavy atom. The summed E-state index contributed by atoms with van der Waals surface area (Å²) >= 11 is 0. The first-order valence-corrected chi connectivity index (χ1v) is 7.83. The molecule has 1 unspecified atom stereocenters. The highest BCUT2D eigenvalue weighted by molar-refractivity contribution is 5.97. The number of halogens is 1. The van der Waals surface area contributed by atoms with Gasteiger partial charge in [-0.1, -0.05) is 0 Å². The average molecular weight is 331 g/mol. The molecule has 6 nitrogen and oxygen atoms in total. The Morgan fingerprint density at radius 1 is 1.25 bits per heavy atom. The van der Waals surface area contributed by atoms with Crippen LogP contribution in [0, 0.1) is 12.7 Å². The third-order valence-corrected chi connectivity index (χ3v) is 4.36. The first-order valence-electron chi connectivity index (χ1n) is 7.83. The molecule has 3 rings (SSSR count). The van der Waals surface area contributed by atoms with Gasteiger partial charge in [0, 0.05) is 6.54 Å². The predicted octanol–water partition coefficient (Wildman–Crippen LogP) is 2.40. The molecule has 24 heavy (non-hydrogen) atoms. The van der Waals surface area contributed by atoms with Gasteiger partial charge in [-0.15, -0.1) is 0 Å². The van der Waals surface area contributed by atoms with E-state index >= 15 is 0 Å². The van der Waals surface area contributed by atoms with Gasteiger partial charge in [-0.25, -0.2) is 13.9 Å². The standard InChI is InChI=1S/C17H18FN3O3/c1-11-14(10-19-21(11)13-7-5-12(18)6-8-13)16(22)20-9-3-2-4-15(20)17(23)24/h5-8,10,15H,2-4,9H2,1H3,(H,23,24). The Morgan fingerprint density at radius 3 is 2.62 bits per heavy atom. The van der Waals surface area contributed by atoms with E-state index in [1.165, 1.54) is 23.2 Å². The van der Waals surface area contributed by atoms with Gasteiger partial charge in [0.2, 0.25) is 0 Å². The number of hydrogen-bond donors (Lipinski definition) is 1. The summed E-state index contributed by atoms with van der Waals surface area (Å²) in [5.41, 5.74) is 1.61. The molecule has 0 radical (unpaired) electrons. The number of carboxylic acid groups (broad SMARTS) is 1. The molecule has 2 heterocycles. The maximum absolute atomic E-state index is 13.1. The Kier molecular flexibility index (Phi) is 4.33. The van der Waals surface area contributed by atoms with Crippen LogP contribution in [0.4, 0.5) is 4.39 Å². The van der Waals surface area contributed by atoms with E-state index in [1.807, 2.05) is 0 Å². The number of rotatable bonds is 3. The minimum atomic E-state index is -0.980. The smallest absolute Gasteiger partial charge is 0.326 e. The van der Waals surface area contributed by atoms with Crippen LogP contribution in [-0.2, 0) is 4.79 Å². The maximum atomic E-state index is 13.1. The zero-order valence-electron chi connectivity index (χ0n) is 13.3. The number of amides is 1. The predicted molar refractivity (Wildman–Crippen MR) is 84.6 cm³/mol. The van der Waals surface area contributed by atoms with Crippen molar-refractivity contribution in [2.45, 2.75) is 32.2 Å². The second kappa shape index (κ2) is 6.43. The summed E-state index contributed by atoms with van der Waals surface area (Å²) in [5.74, 6) is -1.66. The van der Waals surface area contributed by atoms with Crippen LogP contribution in [0.15, 0.2) is 30.5 Å². The molecule has 1 aliphatic rings. The van der Waals surface area contributed by atoms with Crippen LogP contribution in [0.1, 0.15) is 35.3 Å². The van der Waals surface area contributed by atoms with Gasteiger partial charge in [0.05, 0.1) is 23.1 Å². The molecule has 0 saturated carbocycles. The normalized spacial score (nSPS) is 17.8. The topological polar surface area (TPSA) is 75.4 Å². The SMILES string of the molecule is Cc1c(C(=O)N2CCCCC2C(=O)O)cnn1-c1ccc(F)cc1. The van der Waals surface area contributed by atoms with Crippen LogP contribution in [0.25, 0.3) is 5.69 Å². The molecule has 126 valence electrons. The second-order valence-electron chi connectivity index (χ2n) is 5.88. The van der Waals surface area contributed by atoms with Crippen molar-refractivity contribution in [1.82, 2.24) is 14.7 Å². The molecule has 2 aromatic rings. The summed E-state index contributed by atoms with van der Waals surface area (Å²) in [6.45, 7) is 2.17. The lowest BCUT2D eigenvalue weighted by atomic mass is 10.0. The van der Waals surface area contributed by atoms with Crippen LogP contribution in [-0.4, -0.2) is 44.3 Å². The van der Waals surface area contributed by atoms with Gasteiger partial charge in [0.15, 0.2) is 0 Å². The van der Waals surface area contributed by atoms with Crippen LogP contribution in [0.5, 0.6) is 0 Å². The van der Waals surface area contributed by atoms with Gasteiger partial charge in [0.25, 0.3) is 5.91 Å². The van der Waals surface area contributed by atoms with E-state index in [0.717, 1.165) is 12.8 Å². The molecule has 0 bridgehead atoms. The number of carbonyl (C=O) groups excluding carboxylic acids is 1. The van der Waals surface area contributed by atoms with E-state index in [4.69, 9.17) is 0 Å². The van der Waals surface area contributed by atoms with Crippen molar-refractivity contribution in [3.8, 4) is 5.69 Å². The van der Waals surface area contributed by atoms with Gasteiger partial charge < -0.3 is 10.0 Å². The second-order valence-corrected chi connectivity index (χ2v) is 5.88. The van der Waals surface area contributed by atoms with E-state index in [2.05, 4.69) is 5.10 Å². The highest BCUT2D eigenvalue weighted by atomic mass is 19.1. The molecular weight excluding hydrogens is 313 g/mol. The highest BCUT2D eigenvalue weighted by Gasteiger charge is 2.33. The van der Waals surface area contributed by atoms with E-state index in [1.54, 1.807) is 23.7 Å². The van der Waals surface area contributed by atoms with Crippen LogP contribution >= 0.6 is 0 Å². The quantitative estimate of drug-likeness (QED) is 0.937. The molecule has 1 N–H and O–H groups in total. The van der Waals surface area contributed by atoms with Crippen molar-refractivity contribution >= 4 is 11.9 Å². The van der Waals surface area contributed by atoms with Crippen molar-refractivity contribution in [3.63, 3.8) is 0 Å². The largest absolute Gasteiger partial charge is 0.480 e. The Bertz CT molecular complexity index is 770. The lowest BCUT2D eigenvalue weighted by Crippen LogP contribution is -2.48. The number of carboxylic acids is 1. The summed E-state index contributed by atoms with van der Waals surface area (Å²) in [6, 6.07) is 5.00. The van der Waals surface area contributed by atoms with E-state index in [-0.39, 0.29) is 11.7 Å². The fourth-order valence-electron chi connectivity index (χ4n) is 3.05. The number of benzene rings is 1. The number of carbonyl (C=O) groups is 2. The molecule has 1 atom stereocenters. The minimum Gasteiger partial charge on any atom is -0.480 e. The summed E-state index contributed by atoms with van der Waals surface area (Å²) in [7, 11) is 0. The summed E-state index contributed by atoms with van der Waals surface area (Å²) < 4.78 is 14.6. The number of aromatic nitrogens is 2. The number of aliphatic carboxylic acids is 1. The van der Waals surface area contributed by atoms with E-state index in [9.17, 15) is 19.1 Å². The first-order chi connectivity index (χ1) is 11.5. The first kappa shape index (κ1) is 16.2. The lowest BCUT2D eigenvalue weighted by Gasteiger charge is -2.32. The van der Waals surface area contributed by atoms with Gasteiger partial charge in [-0.3, -0.25) is 4.79 Å². The van der Waals surface area contributed by atoms with Gasteiger partial charge in [-0.2, -0.15) is 5.10 Å². The fraction of sp³-hybridized carbons (Fsp3) is 0.353. The summed E-state index contributed by atoms with van der Waals surface area (Å²) in [6.07, 6.45) is 3.50. The molecule has 1 aromatic carbocycles. The number of likely N-dealkylation sites (tertiary alicyclic amines) is 1. The highest BCUT2D eigenvalue weighted by Crippen LogP contribution is 2.22. The summed E-state index contributed by atoms with van der Waals surface area (Å²) in [5, 5.41) is 13.5. The Labute approximate surface area is 138 Å². The third kappa shape index (κ3) is 2.89. The molecule has 1 amide bonds. The molecular formula is C17H18FN3O3. The average Bonchev–Trinajstić information content (AvgIpc) is 2.96. The Balaban J connectivity index is 1.91. The molecule has 1 aliphatic heterocycles. The molecule has 0 aliphatic carbocycles. The molecule has 1 aromatic heterocycles. The molecule has 1 saturated heterocycles. The van der Waals surface area contributed by atoms with Gasteiger partial charge in [-0.05, 0) is 50.5 Å². The minimum absolute atomic E-state index is 0.326. The molecule has 7 heteroatoms. The van der Waals surface area contributed by atoms with Crippen molar-refractivity contribution in [2.24, 2.45) is 0 Å². The van der Waals surface area contributed by atoms with Gasteiger partial charge in [0.1, 0.15) is 11.9 Å². The molecule has 1 fully saturated rings. The van der Waals surface area contributed by atoms with E-state index < -0.39 is 12.0 Å². The maximum Gasteiger partial charge on any atom is 0.326 e. The zero-order valence-corrected chi connectivity index (χ0v) is 13.3. The van der Waals surface area contributed by atoms with Crippen molar-refractivity contribution in [3.05, 3.63) is 47.5 Å². The third-order valence-electron chi connectivity index (χ3n) is 4.36.